The number of nitrogens with zero attached hydrogens (tertiary/aromatic N) is 4. The maximum absolute atomic E-state index is 12.2. The first kappa shape index (κ1) is 26.3. The van der Waals surface area contributed by atoms with E-state index in [1.807, 2.05) is 72.0 Å². The van der Waals surface area contributed by atoms with Crippen molar-refractivity contribution in [2.75, 3.05) is 10.2 Å². The molecule has 2 N–H and O–H groups in total. The van der Waals surface area contributed by atoms with Crippen LogP contribution in [-0.4, -0.2) is 25.5 Å². The fourth-order valence-electron chi connectivity index (χ4n) is 4.59. The topological polar surface area (TPSA) is 105 Å². The molecule has 0 radical (unpaired) electrons. The van der Waals surface area contributed by atoms with Gasteiger partial charge in [-0.1, -0.05) is 37.6 Å². The maximum Gasteiger partial charge on any atom is 0.271 e. The number of nitro benzene ring substituents is 1. The normalized spacial score (nSPS) is 16.8. The lowest BCUT2D eigenvalue weighted by molar-refractivity contribution is -0.384. The zero-order valence-corrected chi connectivity index (χ0v) is 22.7. The number of pyridine rings is 1. The number of nitrogens with one attached hydrogen (secondary N) is 2. The van der Waals surface area contributed by atoms with Crippen LogP contribution in [0.1, 0.15) is 37.3 Å². The highest BCUT2D eigenvalue weighted by Gasteiger charge is 2.42. The Morgan fingerprint density at radius 2 is 1.92 bits per heavy atom. The van der Waals surface area contributed by atoms with Gasteiger partial charge in [0.05, 0.1) is 33.1 Å². The van der Waals surface area contributed by atoms with E-state index in [2.05, 4.69) is 15.6 Å². The first-order valence-corrected chi connectivity index (χ1v) is 13.1. The molecule has 2 atom stereocenters. The van der Waals surface area contributed by atoms with Crippen molar-refractivity contribution in [1.82, 2.24) is 14.9 Å². The number of anilines is 2. The number of hydrogen-bond donors (Lipinski definition) is 2. The average Bonchev–Trinajstić information content (AvgIpc) is 3.54. The summed E-state index contributed by atoms with van der Waals surface area (Å²) in [6.45, 7) is 3.62. The van der Waals surface area contributed by atoms with E-state index in [0.29, 0.717) is 21.5 Å². The summed E-state index contributed by atoms with van der Waals surface area (Å²) in [6, 6.07) is 20.7. The maximum atomic E-state index is 12.2. The predicted octanol–water partition coefficient (Wildman–Crippen LogP) is 6.21. The summed E-state index contributed by atoms with van der Waals surface area (Å²) < 4.78 is 1.91. The largest absolute Gasteiger partial charge is 0.351 e. The third-order valence-electron chi connectivity index (χ3n) is 6.51. The molecule has 4 aromatic rings. The van der Waals surface area contributed by atoms with E-state index in [1.54, 1.807) is 24.4 Å². The number of rotatable bonds is 7. The second kappa shape index (κ2) is 10.8. The number of non-ortho nitro benzene ring substituents is 1. The van der Waals surface area contributed by atoms with Crippen molar-refractivity contribution in [2.45, 2.75) is 25.9 Å². The molecule has 0 saturated carbocycles. The SMILES string of the molecule is CC(C)C(=O)Nc1ccc(N2C(=S)N[C@H](c3ccccn3)[C@@H]2c2cccn2-c2cccc([N+](=O)[O-])c2)cc1Cl. The van der Waals surface area contributed by atoms with E-state index in [-0.39, 0.29) is 29.6 Å². The standard InChI is InChI=1S/C28H25ClN6O3S/c1-17(2)27(36)31-22-12-11-19(16-21(22)29)34-26(25(32-28(34)39)23-9-3-4-13-30-23)24-10-6-14-33(24)18-7-5-8-20(15-18)35(37)38/h3-17,25-26H,1-2H3,(H,31,36)(H,32,39)/t25-,26+/m1/s1. The summed E-state index contributed by atoms with van der Waals surface area (Å²) in [5.41, 5.74) is 3.49. The third kappa shape index (κ3) is 5.21. The summed E-state index contributed by atoms with van der Waals surface area (Å²) in [7, 11) is 0. The van der Waals surface area contributed by atoms with Gasteiger partial charge in [0.15, 0.2) is 5.11 Å². The predicted molar refractivity (Wildman–Crippen MR) is 155 cm³/mol. The van der Waals surface area contributed by atoms with Gasteiger partial charge in [0.2, 0.25) is 5.91 Å². The zero-order chi connectivity index (χ0) is 27.7. The van der Waals surface area contributed by atoms with E-state index in [1.165, 1.54) is 12.1 Å². The molecule has 198 valence electrons. The molecule has 5 rings (SSSR count). The van der Waals surface area contributed by atoms with Crippen LogP contribution in [0.3, 0.4) is 0 Å². The number of nitro groups is 1. The van der Waals surface area contributed by atoms with Crippen LogP contribution in [0.15, 0.2) is 85.2 Å². The number of carbonyl (C=O) groups excluding carboxylic acids is 1. The van der Waals surface area contributed by atoms with E-state index in [9.17, 15) is 14.9 Å². The number of carbonyl (C=O) groups is 1. The molecule has 1 fully saturated rings. The molecule has 9 nitrogen and oxygen atoms in total. The van der Waals surface area contributed by atoms with Gasteiger partial charge in [-0.15, -0.1) is 0 Å². The van der Waals surface area contributed by atoms with Crippen molar-refractivity contribution in [3.8, 4) is 5.69 Å². The van der Waals surface area contributed by atoms with E-state index in [4.69, 9.17) is 23.8 Å². The summed E-state index contributed by atoms with van der Waals surface area (Å²) in [5, 5.41) is 18.6. The van der Waals surface area contributed by atoms with Gasteiger partial charge < -0.3 is 20.1 Å². The second-order valence-electron chi connectivity index (χ2n) is 9.38. The van der Waals surface area contributed by atoms with Gasteiger partial charge in [-0.05, 0) is 60.7 Å². The minimum atomic E-state index is -0.413. The van der Waals surface area contributed by atoms with Gasteiger partial charge in [0.1, 0.15) is 6.04 Å². The lowest BCUT2D eigenvalue weighted by atomic mass is 10.0. The van der Waals surface area contributed by atoms with Crippen molar-refractivity contribution >= 4 is 51.9 Å². The van der Waals surface area contributed by atoms with Crippen LogP contribution in [0, 0.1) is 16.0 Å². The summed E-state index contributed by atoms with van der Waals surface area (Å²) in [4.78, 5) is 29.8. The first-order valence-electron chi connectivity index (χ1n) is 12.3. The van der Waals surface area contributed by atoms with Gasteiger partial charge >= 0.3 is 0 Å². The van der Waals surface area contributed by atoms with Crippen LogP contribution in [0.2, 0.25) is 5.02 Å². The summed E-state index contributed by atoms with van der Waals surface area (Å²) >= 11 is 12.4. The fraction of sp³-hybridized carbons (Fsp3) is 0.179. The average molecular weight is 561 g/mol. The van der Waals surface area contributed by atoms with Crippen molar-refractivity contribution in [1.29, 1.82) is 0 Å². The van der Waals surface area contributed by atoms with Gasteiger partial charge in [0, 0.05) is 41.8 Å². The highest BCUT2D eigenvalue weighted by Crippen LogP contribution is 2.43. The number of halogens is 1. The second-order valence-corrected chi connectivity index (χ2v) is 10.2. The van der Waals surface area contributed by atoms with Crippen molar-refractivity contribution < 1.29 is 9.72 Å². The van der Waals surface area contributed by atoms with E-state index >= 15 is 0 Å². The monoisotopic (exact) mass is 560 g/mol. The van der Waals surface area contributed by atoms with Gasteiger partial charge in [0.25, 0.3) is 5.69 Å². The Balaban J connectivity index is 1.61. The lowest BCUT2D eigenvalue weighted by Crippen LogP contribution is -2.30. The molecule has 1 aliphatic heterocycles. The van der Waals surface area contributed by atoms with E-state index in [0.717, 1.165) is 17.1 Å². The lowest BCUT2D eigenvalue weighted by Gasteiger charge is -2.29. The quantitative estimate of drug-likeness (QED) is 0.157. The van der Waals surface area contributed by atoms with Crippen molar-refractivity contribution in [2.24, 2.45) is 5.92 Å². The van der Waals surface area contributed by atoms with Crippen molar-refractivity contribution in [3.63, 3.8) is 0 Å². The molecule has 0 spiro atoms. The minimum Gasteiger partial charge on any atom is -0.351 e. The Hall–Kier alpha value is -4.28. The Labute approximate surface area is 235 Å². The highest BCUT2D eigenvalue weighted by molar-refractivity contribution is 7.80. The fourth-order valence-corrected chi connectivity index (χ4v) is 5.16. The molecule has 1 aliphatic rings. The van der Waals surface area contributed by atoms with Crippen LogP contribution in [-0.2, 0) is 4.79 Å². The van der Waals surface area contributed by atoms with Gasteiger partial charge in [-0.25, -0.2) is 0 Å². The molecule has 1 saturated heterocycles. The van der Waals surface area contributed by atoms with Gasteiger partial charge in [-0.3, -0.25) is 19.9 Å². The molecule has 3 heterocycles. The Morgan fingerprint density at radius 3 is 2.62 bits per heavy atom. The highest BCUT2D eigenvalue weighted by atomic mass is 35.5. The number of amides is 1. The smallest absolute Gasteiger partial charge is 0.271 e. The number of hydrogen-bond acceptors (Lipinski definition) is 5. The van der Waals surface area contributed by atoms with Crippen LogP contribution in [0.5, 0.6) is 0 Å². The molecule has 39 heavy (non-hydrogen) atoms. The van der Waals surface area contributed by atoms with E-state index < -0.39 is 4.92 Å². The summed E-state index contributed by atoms with van der Waals surface area (Å²) in [6.07, 6.45) is 3.59. The minimum absolute atomic E-state index is 0.00355. The number of thiocarbonyl (C=S) groups is 1. The Bertz CT molecular complexity index is 1560. The third-order valence-corrected chi connectivity index (χ3v) is 7.14. The molecule has 0 unspecified atom stereocenters. The Kier molecular flexibility index (Phi) is 7.32. The van der Waals surface area contributed by atoms with Crippen LogP contribution in [0.25, 0.3) is 5.69 Å². The molecule has 0 bridgehead atoms. The first-order chi connectivity index (χ1) is 18.7. The summed E-state index contributed by atoms with van der Waals surface area (Å²) in [5.74, 6) is -0.327. The van der Waals surface area contributed by atoms with Crippen molar-refractivity contribution in [3.05, 3.63) is 112 Å². The molecule has 1 amide bonds. The van der Waals surface area contributed by atoms with Crippen LogP contribution < -0.4 is 15.5 Å². The van der Waals surface area contributed by atoms with Gasteiger partial charge in [-0.2, -0.15) is 0 Å². The zero-order valence-electron chi connectivity index (χ0n) is 21.1. The molecule has 11 heteroatoms. The van der Waals surface area contributed by atoms with Crippen LogP contribution in [0.4, 0.5) is 17.1 Å². The van der Waals surface area contributed by atoms with Crippen LogP contribution >= 0.6 is 23.8 Å². The Morgan fingerprint density at radius 1 is 1.10 bits per heavy atom. The molecule has 2 aromatic heterocycles. The molecule has 2 aromatic carbocycles. The molecular weight excluding hydrogens is 536 g/mol. The number of benzene rings is 2. The molecular formula is C28H25ClN6O3S. The number of aromatic nitrogens is 2. The molecule has 0 aliphatic carbocycles.